The summed E-state index contributed by atoms with van der Waals surface area (Å²) < 4.78 is 0. The number of aromatic nitrogens is 3. The predicted molar refractivity (Wildman–Crippen MR) is 105 cm³/mol. The Balaban J connectivity index is 1.75. The van der Waals surface area contributed by atoms with Gasteiger partial charge >= 0.3 is 5.97 Å². The summed E-state index contributed by atoms with van der Waals surface area (Å²) in [6, 6.07) is 10.1. The molecule has 0 atom stereocenters. The second-order valence-corrected chi connectivity index (χ2v) is 6.84. The third-order valence-electron chi connectivity index (χ3n) is 4.70. The Labute approximate surface area is 158 Å². The SMILES string of the molecule is CCCCCCCCc1ccc(O)c(-n2nc3ccc(C(=O)O)cc3n2)c1. The van der Waals surface area contributed by atoms with Crippen molar-refractivity contribution < 1.29 is 15.0 Å². The molecule has 1 heterocycles. The highest BCUT2D eigenvalue weighted by molar-refractivity contribution is 5.92. The van der Waals surface area contributed by atoms with E-state index in [4.69, 9.17) is 5.11 Å². The number of fused-ring (bicyclic) bond motifs is 1. The van der Waals surface area contributed by atoms with E-state index in [0.717, 1.165) is 18.4 Å². The van der Waals surface area contributed by atoms with E-state index in [1.165, 1.54) is 49.0 Å². The Morgan fingerprint density at radius 3 is 2.48 bits per heavy atom. The molecular formula is C21H25N3O3. The van der Waals surface area contributed by atoms with Crippen molar-refractivity contribution in [3.05, 3.63) is 47.5 Å². The van der Waals surface area contributed by atoms with Crippen LogP contribution < -0.4 is 0 Å². The molecular weight excluding hydrogens is 342 g/mol. The Bertz CT molecular complexity index is 934. The molecule has 0 aliphatic rings. The molecule has 0 radical (unpaired) electrons. The van der Waals surface area contributed by atoms with Crippen molar-refractivity contribution in [3.8, 4) is 11.4 Å². The number of hydrogen-bond acceptors (Lipinski definition) is 4. The van der Waals surface area contributed by atoms with Crippen LogP contribution in [0.15, 0.2) is 36.4 Å². The highest BCUT2D eigenvalue weighted by Crippen LogP contribution is 2.24. The van der Waals surface area contributed by atoms with Gasteiger partial charge in [0.1, 0.15) is 22.5 Å². The first-order valence-corrected chi connectivity index (χ1v) is 9.51. The van der Waals surface area contributed by atoms with Crippen LogP contribution in [0, 0.1) is 0 Å². The molecule has 0 saturated carbocycles. The molecule has 2 N–H and O–H groups in total. The third kappa shape index (κ3) is 4.64. The normalized spacial score (nSPS) is 11.1. The van der Waals surface area contributed by atoms with Crippen LogP contribution in [0.2, 0.25) is 0 Å². The summed E-state index contributed by atoms with van der Waals surface area (Å²) in [7, 11) is 0. The number of unbranched alkanes of at least 4 members (excludes halogenated alkanes) is 5. The molecule has 0 aliphatic carbocycles. The first-order valence-electron chi connectivity index (χ1n) is 9.51. The first-order chi connectivity index (χ1) is 13.1. The molecule has 3 aromatic rings. The van der Waals surface area contributed by atoms with E-state index >= 15 is 0 Å². The van der Waals surface area contributed by atoms with E-state index in [1.807, 2.05) is 12.1 Å². The number of hydrogen-bond donors (Lipinski definition) is 2. The fourth-order valence-corrected chi connectivity index (χ4v) is 3.15. The van der Waals surface area contributed by atoms with Gasteiger partial charge in [0.2, 0.25) is 0 Å². The van der Waals surface area contributed by atoms with Gasteiger partial charge in [-0.3, -0.25) is 0 Å². The molecule has 0 unspecified atom stereocenters. The minimum atomic E-state index is -1.00. The van der Waals surface area contributed by atoms with Gasteiger partial charge in [-0.15, -0.1) is 15.0 Å². The molecule has 0 bridgehead atoms. The lowest BCUT2D eigenvalue weighted by Crippen LogP contribution is -2.00. The number of aromatic hydroxyl groups is 1. The summed E-state index contributed by atoms with van der Waals surface area (Å²) in [5, 5.41) is 28.0. The van der Waals surface area contributed by atoms with Crippen molar-refractivity contribution >= 4 is 17.0 Å². The molecule has 0 amide bonds. The number of phenols is 1. The molecule has 142 valence electrons. The highest BCUT2D eigenvalue weighted by atomic mass is 16.4. The lowest BCUT2D eigenvalue weighted by Gasteiger charge is -2.07. The van der Waals surface area contributed by atoms with Crippen molar-refractivity contribution in [2.75, 3.05) is 0 Å². The van der Waals surface area contributed by atoms with Crippen LogP contribution in [0.3, 0.4) is 0 Å². The van der Waals surface area contributed by atoms with Gasteiger partial charge in [0.25, 0.3) is 0 Å². The Morgan fingerprint density at radius 2 is 1.70 bits per heavy atom. The number of nitrogens with zero attached hydrogens (tertiary/aromatic N) is 3. The number of phenolic OH excluding ortho intramolecular Hbond substituents is 1. The van der Waals surface area contributed by atoms with Crippen molar-refractivity contribution in [1.82, 2.24) is 15.0 Å². The summed E-state index contributed by atoms with van der Waals surface area (Å²) in [5.74, 6) is -0.907. The number of aryl methyl sites for hydroxylation is 1. The molecule has 6 nitrogen and oxygen atoms in total. The molecule has 0 spiro atoms. The average molecular weight is 367 g/mol. The predicted octanol–water partition coefficient (Wildman–Crippen LogP) is 4.73. The molecule has 2 aromatic carbocycles. The average Bonchev–Trinajstić information content (AvgIpc) is 3.08. The molecule has 1 aromatic heterocycles. The second kappa shape index (κ2) is 8.66. The molecule has 3 rings (SSSR count). The van der Waals surface area contributed by atoms with Crippen LogP contribution >= 0.6 is 0 Å². The van der Waals surface area contributed by atoms with E-state index in [-0.39, 0.29) is 11.3 Å². The lowest BCUT2D eigenvalue weighted by atomic mass is 10.0. The number of benzene rings is 2. The maximum atomic E-state index is 11.1. The third-order valence-corrected chi connectivity index (χ3v) is 4.70. The van der Waals surface area contributed by atoms with Crippen molar-refractivity contribution in [2.45, 2.75) is 51.9 Å². The molecule has 6 heteroatoms. The van der Waals surface area contributed by atoms with Crippen LogP contribution in [-0.4, -0.2) is 31.2 Å². The minimum Gasteiger partial charge on any atom is -0.506 e. The van der Waals surface area contributed by atoms with Crippen LogP contribution in [0.1, 0.15) is 61.4 Å². The fourth-order valence-electron chi connectivity index (χ4n) is 3.15. The van der Waals surface area contributed by atoms with E-state index < -0.39 is 5.97 Å². The van der Waals surface area contributed by atoms with E-state index in [2.05, 4.69) is 17.1 Å². The summed E-state index contributed by atoms with van der Waals surface area (Å²) in [4.78, 5) is 12.5. The van der Waals surface area contributed by atoms with Gasteiger partial charge in [-0.1, -0.05) is 45.1 Å². The van der Waals surface area contributed by atoms with Crippen LogP contribution in [0.4, 0.5) is 0 Å². The van der Waals surface area contributed by atoms with Crippen molar-refractivity contribution in [3.63, 3.8) is 0 Å². The van der Waals surface area contributed by atoms with Gasteiger partial charge in [-0.25, -0.2) is 4.79 Å². The maximum Gasteiger partial charge on any atom is 0.335 e. The fraction of sp³-hybridized carbons (Fsp3) is 0.381. The number of carboxylic acid groups (broad SMARTS) is 1. The van der Waals surface area contributed by atoms with E-state index in [0.29, 0.717) is 16.7 Å². The van der Waals surface area contributed by atoms with Crippen molar-refractivity contribution in [1.29, 1.82) is 0 Å². The molecule has 0 aliphatic heterocycles. The number of aromatic carboxylic acids is 1. The lowest BCUT2D eigenvalue weighted by molar-refractivity contribution is 0.0697. The number of rotatable bonds is 9. The molecule has 0 saturated heterocycles. The zero-order valence-corrected chi connectivity index (χ0v) is 15.6. The molecule has 0 fully saturated rings. The van der Waals surface area contributed by atoms with E-state index in [9.17, 15) is 9.90 Å². The topological polar surface area (TPSA) is 88.2 Å². The van der Waals surface area contributed by atoms with Gasteiger partial charge in [0.15, 0.2) is 0 Å². The number of carbonyl (C=O) groups is 1. The number of carboxylic acids is 1. The van der Waals surface area contributed by atoms with Gasteiger partial charge in [-0.05, 0) is 48.7 Å². The van der Waals surface area contributed by atoms with Gasteiger partial charge < -0.3 is 10.2 Å². The smallest absolute Gasteiger partial charge is 0.335 e. The highest BCUT2D eigenvalue weighted by Gasteiger charge is 2.12. The standard InChI is InChI=1S/C21H25N3O3/c1-2-3-4-5-6-7-8-15-9-12-20(25)19(13-15)24-22-17-11-10-16(21(26)27)14-18(17)23-24/h9-14,25H,2-8H2,1H3,(H,26,27). The Hall–Kier alpha value is -2.89. The Kier molecular flexibility index (Phi) is 6.06. The van der Waals surface area contributed by atoms with Gasteiger partial charge in [-0.2, -0.15) is 0 Å². The summed E-state index contributed by atoms with van der Waals surface area (Å²) in [6.07, 6.45) is 8.37. The monoisotopic (exact) mass is 367 g/mol. The first kappa shape index (κ1) is 18.9. The molecule has 27 heavy (non-hydrogen) atoms. The summed E-state index contributed by atoms with van der Waals surface area (Å²) in [6.45, 7) is 2.22. The van der Waals surface area contributed by atoms with Crippen LogP contribution in [0.25, 0.3) is 16.7 Å². The zero-order chi connectivity index (χ0) is 19.2. The van der Waals surface area contributed by atoms with Crippen LogP contribution in [-0.2, 0) is 6.42 Å². The summed E-state index contributed by atoms with van der Waals surface area (Å²) in [5.41, 5.74) is 2.87. The summed E-state index contributed by atoms with van der Waals surface area (Å²) >= 11 is 0. The van der Waals surface area contributed by atoms with E-state index in [1.54, 1.807) is 12.1 Å². The second-order valence-electron chi connectivity index (χ2n) is 6.84. The minimum absolute atomic E-state index is 0.0976. The largest absolute Gasteiger partial charge is 0.506 e. The quantitative estimate of drug-likeness (QED) is 0.534. The Morgan fingerprint density at radius 1 is 0.963 bits per heavy atom. The van der Waals surface area contributed by atoms with Crippen LogP contribution in [0.5, 0.6) is 5.75 Å². The zero-order valence-electron chi connectivity index (χ0n) is 15.6. The van der Waals surface area contributed by atoms with Crippen molar-refractivity contribution in [2.24, 2.45) is 0 Å². The van der Waals surface area contributed by atoms with Gasteiger partial charge in [0.05, 0.1) is 5.56 Å². The van der Waals surface area contributed by atoms with Gasteiger partial charge in [0, 0.05) is 0 Å². The maximum absolute atomic E-state index is 11.1.